The quantitative estimate of drug-likeness (QED) is 0.645. The molecule has 1 unspecified atom stereocenters. The molecular weight excluding hydrogens is 266 g/mol. The van der Waals surface area contributed by atoms with Gasteiger partial charge < -0.3 is 15.5 Å². The highest BCUT2D eigenvalue weighted by molar-refractivity contribution is 5.66. The molecule has 4 heteroatoms. The van der Waals surface area contributed by atoms with Crippen molar-refractivity contribution in [2.24, 2.45) is 0 Å². The highest BCUT2D eigenvalue weighted by Gasteiger charge is 2.16. The third-order valence-corrected chi connectivity index (χ3v) is 4.10. The molecule has 118 valence electrons. The fourth-order valence-electron chi connectivity index (χ4n) is 2.62. The van der Waals surface area contributed by atoms with Gasteiger partial charge in [-0.3, -0.25) is 4.79 Å². The van der Waals surface area contributed by atoms with Crippen LogP contribution >= 0.6 is 0 Å². The lowest BCUT2D eigenvalue weighted by atomic mass is 9.90. The molecule has 0 amide bonds. The van der Waals surface area contributed by atoms with Crippen molar-refractivity contribution in [2.75, 3.05) is 13.1 Å². The van der Waals surface area contributed by atoms with Crippen LogP contribution in [0, 0.1) is 27.7 Å². The number of benzene rings is 1. The number of aliphatic hydroxyl groups excluding tert-OH is 1. The van der Waals surface area contributed by atoms with Crippen LogP contribution < -0.4 is 5.32 Å². The Labute approximate surface area is 127 Å². The summed E-state index contributed by atoms with van der Waals surface area (Å²) in [6.45, 7) is 9.61. The number of nitrogens with one attached hydrogen (secondary N) is 1. The molecule has 4 nitrogen and oxygen atoms in total. The van der Waals surface area contributed by atoms with Gasteiger partial charge in [-0.05, 0) is 81.4 Å². The van der Waals surface area contributed by atoms with E-state index in [-0.39, 0.29) is 6.42 Å². The summed E-state index contributed by atoms with van der Waals surface area (Å²) in [6, 6.07) is 2.16. The van der Waals surface area contributed by atoms with Crippen LogP contribution in [0.2, 0.25) is 0 Å². The number of aliphatic carboxylic acids is 1. The number of aliphatic hydroxyl groups is 1. The largest absolute Gasteiger partial charge is 0.481 e. The molecule has 0 saturated carbocycles. The van der Waals surface area contributed by atoms with Gasteiger partial charge in [-0.2, -0.15) is 0 Å². The zero-order valence-electron chi connectivity index (χ0n) is 13.5. The summed E-state index contributed by atoms with van der Waals surface area (Å²) < 4.78 is 0. The second-order valence-corrected chi connectivity index (χ2v) is 5.73. The summed E-state index contributed by atoms with van der Waals surface area (Å²) in [5.74, 6) is -0.765. The molecule has 1 aromatic carbocycles. The standard InChI is InChI=1S/C17H27NO3/c1-11-10-12(2)14(4)17(13(11)3)15(19)7-9-18-8-5-6-16(20)21/h10,15,18-19H,5-9H2,1-4H3,(H,20,21). The summed E-state index contributed by atoms with van der Waals surface area (Å²) in [5, 5.41) is 22.2. The van der Waals surface area contributed by atoms with Crippen molar-refractivity contribution in [3.05, 3.63) is 33.9 Å². The Kier molecular flexibility index (Phi) is 6.85. The van der Waals surface area contributed by atoms with E-state index in [2.05, 4.69) is 39.1 Å². The van der Waals surface area contributed by atoms with Crippen molar-refractivity contribution in [2.45, 2.75) is 53.1 Å². The summed E-state index contributed by atoms with van der Waals surface area (Å²) in [4.78, 5) is 10.4. The highest BCUT2D eigenvalue weighted by Crippen LogP contribution is 2.28. The maximum atomic E-state index is 10.4. The zero-order chi connectivity index (χ0) is 16.0. The molecule has 0 aliphatic rings. The van der Waals surface area contributed by atoms with Gasteiger partial charge in [-0.15, -0.1) is 0 Å². The van der Waals surface area contributed by atoms with Crippen LogP contribution in [0.3, 0.4) is 0 Å². The third kappa shape index (κ3) is 5.14. The van der Waals surface area contributed by atoms with Gasteiger partial charge in [0.2, 0.25) is 0 Å². The first kappa shape index (κ1) is 17.7. The van der Waals surface area contributed by atoms with Crippen LogP contribution in [-0.2, 0) is 4.79 Å². The van der Waals surface area contributed by atoms with E-state index in [9.17, 15) is 9.90 Å². The summed E-state index contributed by atoms with van der Waals surface area (Å²) in [5.41, 5.74) is 5.79. The van der Waals surface area contributed by atoms with Crippen LogP contribution in [0.4, 0.5) is 0 Å². The molecule has 0 saturated heterocycles. The maximum absolute atomic E-state index is 10.4. The molecule has 21 heavy (non-hydrogen) atoms. The number of aryl methyl sites for hydroxylation is 2. The maximum Gasteiger partial charge on any atom is 0.303 e. The van der Waals surface area contributed by atoms with Gasteiger partial charge in [-0.25, -0.2) is 0 Å². The molecular formula is C17H27NO3. The molecule has 0 heterocycles. The number of carbonyl (C=O) groups is 1. The average molecular weight is 293 g/mol. The summed E-state index contributed by atoms with van der Waals surface area (Å²) >= 11 is 0. The summed E-state index contributed by atoms with van der Waals surface area (Å²) in [7, 11) is 0. The number of carboxylic acids is 1. The van der Waals surface area contributed by atoms with Crippen molar-refractivity contribution < 1.29 is 15.0 Å². The average Bonchev–Trinajstić information content (AvgIpc) is 2.40. The Bertz CT molecular complexity index is 471. The summed E-state index contributed by atoms with van der Waals surface area (Å²) in [6.07, 6.45) is 0.964. The lowest BCUT2D eigenvalue weighted by molar-refractivity contribution is -0.137. The van der Waals surface area contributed by atoms with Crippen LogP contribution in [0.15, 0.2) is 6.07 Å². The first-order valence-electron chi connectivity index (χ1n) is 7.52. The van der Waals surface area contributed by atoms with Gasteiger partial charge >= 0.3 is 5.97 Å². The first-order chi connectivity index (χ1) is 9.84. The second kappa shape index (κ2) is 8.15. The second-order valence-electron chi connectivity index (χ2n) is 5.73. The van der Waals surface area contributed by atoms with E-state index < -0.39 is 12.1 Å². The molecule has 3 N–H and O–H groups in total. The molecule has 0 bridgehead atoms. The predicted octanol–water partition coefficient (Wildman–Crippen LogP) is 2.80. The molecule has 0 aliphatic heterocycles. The Hall–Kier alpha value is -1.39. The van der Waals surface area contributed by atoms with Gasteiger partial charge in [0.15, 0.2) is 0 Å². The molecule has 0 fully saturated rings. The normalized spacial score (nSPS) is 12.4. The lowest BCUT2D eigenvalue weighted by Gasteiger charge is -2.20. The van der Waals surface area contributed by atoms with Crippen LogP contribution in [0.25, 0.3) is 0 Å². The van der Waals surface area contributed by atoms with Crippen molar-refractivity contribution in [1.82, 2.24) is 5.32 Å². The first-order valence-corrected chi connectivity index (χ1v) is 7.52. The SMILES string of the molecule is Cc1cc(C)c(C)c(C(O)CCNCCCC(=O)O)c1C. The molecule has 1 aromatic rings. The third-order valence-electron chi connectivity index (χ3n) is 4.10. The minimum Gasteiger partial charge on any atom is -0.481 e. The van der Waals surface area contributed by atoms with Gasteiger partial charge in [0.25, 0.3) is 0 Å². The van der Waals surface area contributed by atoms with Crippen molar-refractivity contribution in [1.29, 1.82) is 0 Å². The molecule has 1 rings (SSSR count). The molecule has 0 aliphatic carbocycles. The van der Waals surface area contributed by atoms with E-state index in [0.717, 1.165) is 16.7 Å². The topological polar surface area (TPSA) is 69.6 Å². The zero-order valence-corrected chi connectivity index (χ0v) is 13.5. The van der Waals surface area contributed by atoms with Gasteiger partial charge in [0.05, 0.1) is 6.10 Å². The van der Waals surface area contributed by atoms with Crippen LogP contribution in [0.5, 0.6) is 0 Å². The highest BCUT2D eigenvalue weighted by atomic mass is 16.4. The number of hydrogen-bond donors (Lipinski definition) is 3. The van der Waals surface area contributed by atoms with Crippen molar-refractivity contribution in [3.8, 4) is 0 Å². The smallest absolute Gasteiger partial charge is 0.303 e. The fraction of sp³-hybridized carbons (Fsp3) is 0.588. The number of hydrogen-bond acceptors (Lipinski definition) is 3. The van der Waals surface area contributed by atoms with E-state index in [0.29, 0.717) is 25.9 Å². The molecule has 1 atom stereocenters. The van der Waals surface area contributed by atoms with Gasteiger partial charge in [-0.1, -0.05) is 6.07 Å². The van der Waals surface area contributed by atoms with Gasteiger partial charge in [0.1, 0.15) is 0 Å². The number of carboxylic acid groups (broad SMARTS) is 1. The van der Waals surface area contributed by atoms with E-state index in [1.807, 2.05) is 0 Å². The Morgan fingerprint density at radius 2 is 1.71 bits per heavy atom. The predicted molar refractivity (Wildman–Crippen MR) is 84.7 cm³/mol. The number of rotatable bonds is 8. The lowest BCUT2D eigenvalue weighted by Crippen LogP contribution is -2.20. The minimum absolute atomic E-state index is 0.185. The minimum atomic E-state index is -0.765. The van der Waals surface area contributed by atoms with E-state index in [1.165, 1.54) is 11.1 Å². The van der Waals surface area contributed by atoms with Crippen molar-refractivity contribution in [3.63, 3.8) is 0 Å². The van der Waals surface area contributed by atoms with Crippen LogP contribution in [0.1, 0.15) is 53.2 Å². The Morgan fingerprint density at radius 1 is 1.14 bits per heavy atom. The fourth-order valence-corrected chi connectivity index (χ4v) is 2.62. The van der Waals surface area contributed by atoms with E-state index in [4.69, 9.17) is 5.11 Å². The Morgan fingerprint density at radius 3 is 2.24 bits per heavy atom. The van der Waals surface area contributed by atoms with Crippen molar-refractivity contribution >= 4 is 5.97 Å². The molecule has 0 radical (unpaired) electrons. The van der Waals surface area contributed by atoms with Crippen LogP contribution in [-0.4, -0.2) is 29.3 Å². The monoisotopic (exact) mass is 293 g/mol. The molecule has 0 spiro atoms. The van der Waals surface area contributed by atoms with E-state index >= 15 is 0 Å². The van der Waals surface area contributed by atoms with E-state index in [1.54, 1.807) is 0 Å². The molecule has 0 aromatic heterocycles. The van der Waals surface area contributed by atoms with Gasteiger partial charge in [0, 0.05) is 6.42 Å². The Balaban J connectivity index is 2.53.